The van der Waals surface area contributed by atoms with E-state index in [2.05, 4.69) is 45.3 Å². The van der Waals surface area contributed by atoms with Crippen molar-refractivity contribution in [3.05, 3.63) is 45.6 Å². The zero-order valence-electron chi connectivity index (χ0n) is 12.8. The number of nitrogens with zero attached hydrogens (tertiary/aromatic N) is 2. The fourth-order valence-electron chi connectivity index (χ4n) is 1.89. The summed E-state index contributed by atoms with van der Waals surface area (Å²) in [5, 5.41) is 11.6. The first-order valence-corrected chi connectivity index (χ1v) is 7.75. The SMILES string of the molecule is Cc1cc(Oc2ccc(CNC(C)C)nn2)cc(C)c1Br. The first-order valence-electron chi connectivity index (χ1n) is 6.96. The minimum atomic E-state index is 0.427. The lowest BCUT2D eigenvalue weighted by molar-refractivity contribution is 0.451. The average molecular weight is 350 g/mol. The van der Waals surface area contributed by atoms with E-state index in [0.717, 1.165) is 27.0 Å². The molecule has 2 rings (SSSR count). The Bertz CT molecular complexity index is 588. The van der Waals surface area contributed by atoms with Crippen LogP contribution in [0.4, 0.5) is 0 Å². The van der Waals surface area contributed by atoms with E-state index in [1.54, 1.807) is 0 Å². The molecule has 1 N–H and O–H groups in total. The molecule has 21 heavy (non-hydrogen) atoms. The topological polar surface area (TPSA) is 47.0 Å². The summed E-state index contributed by atoms with van der Waals surface area (Å²) in [6, 6.07) is 8.16. The number of rotatable bonds is 5. The molecule has 4 nitrogen and oxygen atoms in total. The number of nitrogens with one attached hydrogen (secondary N) is 1. The van der Waals surface area contributed by atoms with Crippen LogP contribution in [0.5, 0.6) is 11.6 Å². The molecule has 0 bridgehead atoms. The number of aryl methyl sites for hydroxylation is 2. The summed E-state index contributed by atoms with van der Waals surface area (Å²) in [7, 11) is 0. The van der Waals surface area contributed by atoms with Crippen LogP contribution in [-0.4, -0.2) is 16.2 Å². The summed E-state index contributed by atoms with van der Waals surface area (Å²) in [6.07, 6.45) is 0. The minimum absolute atomic E-state index is 0.427. The lowest BCUT2D eigenvalue weighted by Crippen LogP contribution is -2.22. The molecule has 5 heteroatoms. The van der Waals surface area contributed by atoms with Gasteiger partial charge in [0.15, 0.2) is 0 Å². The third-order valence-corrected chi connectivity index (χ3v) is 4.27. The quantitative estimate of drug-likeness (QED) is 0.880. The Kier molecular flexibility index (Phi) is 5.31. The molecule has 1 aromatic carbocycles. The van der Waals surface area contributed by atoms with E-state index >= 15 is 0 Å². The molecule has 0 radical (unpaired) electrons. The molecule has 0 atom stereocenters. The van der Waals surface area contributed by atoms with E-state index < -0.39 is 0 Å². The lowest BCUT2D eigenvalue weighted by Gasteiger charge is -2.10. The average Bonchev–Trinajstić information content (AvgIpc) is 2.44. The van der Waals surface area contributed by atoms with Gasteiger partial charge in [-0.25, -0.2) is 0 Å². The van der Waals surface area contributed by atoms with Gasteiger partial charge in [-0.05, 0) is 43.2 Å². The van der Waals surface area contributed by atoms with Crippen molar-refractivity contribution in [1.29, 1.82) is 0 Å². The summed E-state index contributed by atoms with van der Waals surface area (Å²) in [6.45, 7) is 8.99. The van der Waals surface area contributed by atoms with Gasteiger partial charge in [-0.2, -0.15) is 5.10 Å². The van der Waals surface area contributed by atoms with Crippen molar-refractivity contribution in [1.82, 2.24) is 15.5 Å². The summed E-state index contributed by atoms with van der Waals surface area (Å²) >= 11 is 3.55. The molecule has 0 amide bonds. The third-order valence-electron chi connectivity index (χ3n) is 3.02. The second kappa shape index (κ2) is 7.00. The van der Waals surface area contributed by atoms with Gasteiger partial charge in [0, 0.05) is 23.1 Å². The maximum atomic E-state index is 5.76. The van der Waals surface area contributed by atoms with E-state index in [9.17, 15) is 0 Å². The first kappa shape index (κ1) is 15.9. The van der Waals surface area contributed by atoms with Gasteiger partial charge in [-0.1, -0.05) is 29.8 Å². The largest absolute Gasteiger partial charge is 0.438 e. The van der Waals surface area contributed by atoms with Crippen LogP contribution >= 0.6 is 15.9 Å². The Morgan fingerprint density at radius 3 is 2.33 bits per heavy atom. The minimum Gasteiger partial charge on any atom is -0.438 e. The number of hydrogen-bond donors (Lipinski definition) is 1. The maximum absolute atomic E-state index is 5.76. The van der Waals surface area contributed by atoms with Crippen LogP contribution < -0.4 is 10.1 Å². The van der Waals surface area contributed by atoms with Gasteiger partial charge >= 0.3 is 0 Å². The van der Waals surface area contributed by atoms with Crippen molar-refractivity contribution in [2.75, 3.05) is 0 Å². The second-order valence-corrected chi connectivity index (χ2v) is 6.16. The Balaban J connectivity index is 2.06. The molecule has 0 aliphatic heterocycles. The Morgan fingerprint density at radius 1 is 1.14 bits per heavy atom. The van der Waals surface area contributed by atoms with Gasteiger partial charge in [-0.15, -0.1) is 5.10 Å². The molecule has 0 unspecified atom stereocenters. The molecular formula is C16H20BrN3O. The van der Waals surface area contributed by atoms with Gasteiger partial charge in [0.05, 0.1) is 5.69 Å². The summed E-state index contributed by atoms with van der Waals surface area (Å²) in [5.74, 6) is 1.28. The zero-order chi connectivity index (χ0) is 15.4. The molecule has 0 aliphatic carbocycles. The van der Waals surface area contributed by atoms with Gasteiger partial charge in [0.25, 0.3) is 0 Å². The van der Waals surface area contributed by atoms with Crippen LogP contribution in [0.15, 0.2) is 28.7 Å². The highest BCUT2D eigenvalue weighted by atomic mass is 79.9. The fraction of sp³-hybridized carbons (Fsp3) is 0.375. The normalized spacial score (nSPS) is 11.0. The van der Waals surface area contributed by atoms with Crippen molar-refractivity contribution >= 4 is 15.9 Å². The molecule has 0 saturated carbocycles. The van der Waals surface area contributed by atoms with E-state index in [4.69, 9.17) is 4.74 Å². The predicted octanol–water partition coefficient (Wildman–Crippen LogP) is 4.15. The Labute approximate surface area is 134 Å². The number of aromatic nitrogens is 2. The smallest absolute Gasteiger partial charge is 0.238 e. The fourth-order valence-corrected chi connectivity index (χ4v) is 2.12. The van der Waals surface area contributed by atoms with Gasteiger partial charge in [0.1, 0.15) is 5.75 Å². The Morgan fingerprint density at radius 2 is 1.81 bits per heavy atom. The Hall–Kier alpha value is -1.46. The zero-order valence-corrected chi connectivity index (χ0v) is 14.4. The van der Waals surface area contributed by atoms with Crippen molar-refractivity contribution < 1.29 is 4.74 Å². The molecule has 112 valence electrons. The molecule has 0 fully saturated rings. The monoisotopic (exact) mass is 349 g/mol. The number of benzene rings is 1. The second-order valence-electron chi connectivity index (χ2n) is 5.37. The summed E-state index contributed by atoms with van der Waals surface area (Å²) in [4.78, 5) is 0. The van der Waals surface area contributed by atoms with Crippen LogP contribution in [0.3, 0.4) is 0 Å². The third kappa shape index (κ3) is 4.51. The molecular weight excluding hydrogens is 330 g/mol. The molecule has 1 aromatic heterocycles. The van der Waals surface area contributed by atoms with E-state index in [0.29, 0.717) is 18.5 Å². The molecule has 1 heterocycles. The van der Waals surface area contributed by atoms with E-state index in [1.807, 2.05) is 38.1 Å². The van der Waals surface area contributed by atoms with Gasteiger partial charge in [0.2, 0.25) is 5.88 Å². The van der Waals surface area contributed by atoms with E-state index in [1.165, 1.54) is 0 Å². The van der Waals surface area contributed by atoms with Gasteiger partial charge in [-0.3, -0.25) is 0 Å². The highest BCUT2D eigenvalue weighted by molar-refractivity contribution is 9.10. The highest BCUT2D eigenvalue weighted by Crippen LogP contribution is 2.28. The number of halogens is 1. The van der Waals surface area contributed by atoms with Crippen LogP contribution in [0.2, 0.25) is 0 Å². The van der Waals surface area contributed by atoms with Crippen LogP contribution in [0.1, 0.15) is 30.7 Å². The first-order chi connectivity index (χ1) is 9.95. The van der Waals surface area contributed by atoms with Crippen molar-refractivity contribution in [3.8, 4) is 11.6 Å². The summed E-state index contributed by atoms with van der Waals surface area (Å²) in [5.41, 5.74) is 3.17. The van der Waals surface area contributed by atoms with Crippen LogP contribution in [0, 0.1) is 13.8 Å². The molecule has 0 saturated heterocycles. The lowest BCUT2D eigenvalue weighted by atomic mass is 10.1. The molecule has 0 spiro atoms. The molecule has 0 aliphatic rings. The van der Waals surface area contributed by atoms with Gasteiger partial charge < -0.3 is 10.1 Å². The van der Waals surface area contributed by atoms with Crippen molar-refractivity contribution in [2.24, 2.45) is 0 Å². The summed E-state index contributed by atoms with van der Waals surface area (Å²) < 4.78 is 6.87. The maximum Gasteiger partial charge on any atom is 0.238 e. The van der Waals surface area contributed by atoms with E-state index in [-0.39, 0.29) is 0 Å². The predicted molar refractivity (Wildman–Crippen MR) is 87.7 cm³/mol. The van der Waals surface area contributed by atoms with Crippen LogP contribution in [0.25, 0.3) is 0 Å². The van der Waals surface area contributed by atoms with Crippen molar-refractivity contribution in [2.45, 2.75) is 40.3 Å². The molecule has 2 aromatic rings. The van der Waals surface area contributed by atoms with Crippen molar-refractivity contribution in [3.63, 3.8) is 0 Å². The highest BCUT2D eigenvalue weighted by Gasteiger charge is 2.06. The number of ether oxygens (including phenoxy) is 1. The van der Waals surface area contributed by atoms with Crippen LogP contribution in [-0.2, 0) is 6.54 Å². The standard InChI is InChI=1S/C16H20BrN3O/c1-10(2)18-9-13-5-6-15(20-19-13)21-14-7-11(3)16(17)12(4)8-14/h5-8,10,18H,9H2,1-4H3. The number of hydrogen-bond acceptors (Lipinski definition) is 4.